The third-order valence-electron chi connectivity index (χ3n) is 3.07. The Morgan fingerprint density at radius 2 is 1.96 bits per heavy atom. The Labute approximate surface area is 138 Å². The molecule has 0 spiro atoms. The molecule has 6 nitrogen and oxygen atoms in total. The number of nitrogens with zero attached hydrogens (tertiary/aromatic N) is 1. The Kier molecular flexibility index (Phi) is 5.59. The number of carbonyl (C=O) groups excluding carboxylic acids is 1. The minimum Gasteiger partial charge on any atom is -0.497 e. The first-order valence-corrected chi connectivity index (χ1v) is 7.73. The highest BCUT2D eigenvalue weighted by Crippen LogP contribution is 2.26. The Morgan fingerprint density at radius 3 is 2.57 bits per heavy atom. The van der Waals surface area contributed by atoms with Crippen LogP contribution in [0.15, 0.2) is 53.4 Å². The minimum absolute atomic E-state index is 0.0572. The summed E-state index contributed by atoms with van der Waals surface area (Å²) in [6.07, 6.45) is 0. The van der Waals surface area contributed by atoms with Crippen molar-refractivity contribution >= 4 is 29.0 Å². The maximum absolute atomic E-state index is 12.2. The SMILES string of the molecule is COc1ccc(S[C@H](C)C(=O)Nc2cccc([N+](=O)[O-])c2)cc1. The number of nitro benzene ring substituents is 1. The molecule has 0 aliphatic carbocycles. The number of hydrogen-bond donors (Lipinski definition) is 1. The summed E-state index contributed by atoms with van der Waals surface area (Å²) in [5.41, 5.74) is 0.352. The molecule has 0 aliphatic heterocycles. The second-order valence-electron chi connectivity index (χ2n) is 4.73. The van der Waals surface area contributed by atoms with Crippen LogP contribution in [0.5, 0.6) is 5.75 Å². The highest BCUT2D eigenvalue weighted by atomic mass is 32.2. The second-order valence-corrected chi connectivity index (χ2v) is 6.15. The molecule has 0 saturated carbocycles. The third-order valence-corrected chi connectivity index (χ3v) is 4.18. The summed E-state index contributed by atoms with van der Waals surface area (Å²) in [5, 5.41) is 13.1. The number of nitro groups is 1. The Morgan fingerprint density at radius 1 is 1.26 bits per heavy atom. The van der Waals surface area contributed by atoms with Gasteiger partial charge in [0.05, 0.1) is 17.3 Å². The standard InChI is InChI=1S/C16H16N2O4S/c1-11(23-15-8-6-14(22-2)7-9-15)16(19)17-12-4-3-5-13(10-12)18(20)21/h3-11H,1-2H3,(H,17,19)/t11-/m1/s1. The number of hydrogen-bond acceptors (Lipinski definition) is 5. The van der Waals surface area contributed by atoms with Crippen molar-refractivity contribution in [1.29, 1.82) is 0 Å². The molecule has 2 aromatic rings. The summed E-state index contributed by atoms with van der Waals surface area (Å²) in [5.74, 6) is 0.536. The van der Waals surface area contributed by atoms with Crippen molar-refractivity contribution < 1.29 is 14.5 Å². The van der Waals surface area contributed by atoms with E-state index in [9.17, 15) is 14.9 Å². The number of nitrogens with one attached hydrogen (secondary N) is 1. The van der Waals surface area contributed by atoms with Crippen LogP contribution in [0.25, 0.3) is 0 Å². The van der Waals surface area contributed by atoms with Gasteiger partial charge in [-0.3, -0.25) is 14.9 Å². The van der Waals surface area contributed by atoms with Crippen molar-refractivity contribution in [2.75, 3.05) is 12.4 Å². The average Bonchev–Trinajstić information content (AvgIpc) is 2.55. The van der Waals surface area contributed by atoms with Gasteiger partial charge in [0.15, 0.2) is 0 Å². The normalized spacial score (nSPS) is 11.6. The van der Waals surface area contributed by atoms with Crippen LogP contribution >= 0.6 is 11.8 Å². The van der Waals surface area contributed by atoms with Crippen molar-refractivity contribution in [3.05, 3.63) is 58.6 Å². The van der Waals surface area contributed by atoms with Gasteiger partial charge in [-0.25, -0.2) is 0 Å². The molecule has 2 rings (SSSR count). The number of non-ortho nitro benzene ring substituents is 1. The number of amides is 1. The highest BCUT2D eigenvalue weighted by Gasteiger charge is 2.16. The number of benzene rings is 2. The first-order chi connectivity index (χ1) is 11.0. The number of carbonyl (C=O) groups is 1. The maximum Gasteiger partial charge on any atom is 0.271 e. The molecule has 0 heterocycles. The average molecular weight is 332 g/mol. The molecule has 23 heavy (non-hydrogen) atoms. The summed E-state index contributed by atoms with van der Waals surface area (Å²) in [7, 11) is 1.59. The monoisotopic (exact) mass is 332 g/mol. The molecule has 0 aliphatic rings. The van der Waals surface area contributed by atoms with Gasteiger partial charge in [0, 0.05) is 22.7 Å². The van der Waals surface area contributed by atoms with Crippen molar-refractivity contribution in [3.63, 3.8) is 0 Å². The van der Waals surface area contributed by atoms with Gasteiger partial charge in [0.1, 0.15) is 5.75 Å². The van der Waals surface area contributed by atoms with Crippen LogP contribution in [-0.4, -0.2) is 23.2 Å². The molecule has 1 amide bonds. The summed E-state index contributed by atoms with van der Waals surface area (Å²) >= 11 is 1.40. The van der Waals surface area contributed by atoms with Crippen molar-refractivity contribution in [3.8, 4) is 5.75 Å². The Balaban J connectivity index is 1.99. The van der Waals surface area contributed by atoms with E-state index in [0.29, 0.717) is 5.69 Å². The molecule has 1 N–H and O–H groups in total. The van der Waals surface area contributed by atoms with E-state index in [2.05, 4.69) is 5.32 Å². The van der Waals surface area contributed by atoms with Gasteiger partial charge in [-0.15, -0.1) is 11.8 Å². The Bertz CT molecular complexity index is 703. The number of anilines is 1. The predicted octanol–water partition coefficient (Wildman–Crippen LogP) is 3.72. The van der Waals surface area contributed by atoms with E-state index < -0.39 is 4.92 Å². The lowest BCUT2D eigenvalue weighted by Gasteiger charge is -2.12. The predicted molar refractivity (Wildman–Crippen MR) is 90.0 cm³/mol. The van der Waals surface area contributed by atoms with Crippen LogP contribution in [0.4, 0.5) is 11.4 Å². The fraction of sp³-hybridized carbons (Fsp3) is 0.188. The summed E-state index contributed by atoms with van der Waals surface area (Å²) in [6, 6.07) is 13.3. The molecule has 7 heteroatoms. The van der Waals surface area contributed by atoms with Crippen LogP contribution in [0.3, 0.4) is 0 Å². The van der Waals surface area contributed by atoms with E-state index in [0.717, 1.165) is 10.6 Å². The molecular weight excluding hydrogens is 316 g/mol. The van der Waals surface area contributed by atoms with Gasteiger partial charge in [-0.2, -0.15) is 0 Å². The first kappa shape index (κ1) is 16.8. The number of rotatable bonds is 6. The summed E-state index contributed by atoms with van der Waals surface area (Å²) < 4.78 is 5.09. The van der Waals surface area contributed by atoms with Gasteiger partial charge in [0.2, 0.25) is 5.91 Å². The van der Waals surface area contributed by atoms with Crippen LogP contribution in [0, 0.1) is 10.1 Å². The molecule has 0 bridgehead atoms. The van der Waals surface area contributed by atoms with Crippen LogP contribution in [0.1, 0.15) is 6.92 Å². The molecule has 2 aromatic carbocycles. The molecule has 120 valence electrons. The van der Waals surface area contributed by atoms with Gasteiger partial charge in [-0.05, 0) is 37.3 Å². The van der Waals surface area contributed by atoms with E-state index in [-0.39, 0.29) is 16.8 Å². The third kappa shape index (κ3) is 4.72. The maximum atomic E-state index is 12.2. The lowest BCUT2D eigenvalue weighted by molar-refractivity contribution is -0.384. The molecule has 0 radical (unpaired) electrons. The largest absolute Gasteiger partial charge is 0.497 e. The van der Waals surface area contributed by atoms with Gasteiger partial charge in [-0.1, -0.05) is 6.07 Å². The van der Waals surface area contributed by atoms with Crippen molar-refractivity contribution in [2.24, 2.45) is 0 Å². The molecular formula is C16H16N2O4S. The molecule has 0 unspecified atom stereocenters. The van der Waals surface area contributed by atoms with E-state index >= 15 is 0 Å². The summed E-state index contributed by atoms with van der Waals surface area (Å²) in [4.78, 5) is 23.4. The van der Waals surface area contributed by atoms with E-state index in [4.69, 9.17) is 4.74 Å². The van der Waals surface area contributed by atoms with Crippen LogP contribution in [-0.2, 0) is 4.79 Å². The quantitative estimate of drug-likeness (QED) is 0.495. The number of thioether (sulfide) groups is 1. The van der Waals surface area contributed by atoms with Crippen molar-refractivity contribution in [1.82, 2.24) is 0 Å². The second kappa shape index (κ2) is 7.64. The Hall–Kier alpha value is -2.54. The lowest BCUT2D eigenvalue weighted by Crippen LogP contribution is -2.22. The topological polar surface area (TPSA) is 81.5 Å². The van der Waals surface area contributed by atoms with Gasteiger partial charge < -0.3 is 10.1 Å². The first-order valence-electron chi connectivity index (χ1n) is 6.85. The fourth-order valence-electron chi connectivity index (χ4n) is 1.85. The minimum atomic E-state index is -0.495. The van der Waals surface area contributed by atoms with Crippen LogP contribution < -0.4 is 10.1 Å². The van der Waals surface area contributed by atoms with Gasteiger partial charge in [0.25, 0.3) is 5.69 Å². The van der Waals surface area contributed by atoms with Crippen molar-refractivity contribution in [2.45, 2.75) is 17.1 Å². The van der Waals surface area contributed by atoms with Crippen LogP contribution in [0.2, 0.25) is 0 Å². The molecule has 0 saturated heterocycles. The highest BCUT2D eigenvalue weighted by molar-refractivity contribution is 8.00. The number of ether oxygens (including phenoxy) is 1. The zero-order valence-electron chi connectivity index (χ0n) is 12.7. The zero-order chi connectivity index (χ0) is 16.8. The molecule has 0 fully saturated rings. The van der Waals surface area contributed by atoms with Gasteiger partial charge >= 0.3 is 0 Å². The fourth-order valence-corrected chi connectivity index (χ4v) is 2.72. The zero-order valence-corrected chi connectivity index (χ0v) is 13.5. The van der Waals surface area contributed by atoms with E-state index in [1.807, 2.05) is 24.3 Å². The lowest BCUT2D eigenvalue weighted by atomic mass is 10.2. The molecule has 1 atom stereocenters. The molecule has 0 aromatic heterocycles. The smallest absolute Gasteiger partial charge is 0.271 e. The van der Waals surface area contributed by atoms with E-state index in [1.54, 1.807) is 20.1 Å². The van der Waals surface area contributed by atoms with E-state index in [1.165, 1.54) is 30.0 Å². The number of methoxy groups -OCH3 is 1. The summed E-state index contributed by atoms with van der Waals surface area (Å²) in [6.45, 7) is 1.78.